The van der Waals surface area contributed by atoms with Crippen molar-refractivity contribution in [1.82, 2.24) is 0 Å². The molecule has 0 amide bonds. The lowest BCUT2D eigenvalue weighted by Gasteiger charge is -2.15. The summed E-state index contributed by atoms with van der Waals surface area (Å²) in [5.41, 5.74) is 0.611. The first kappa shape index (κ1) is 11.0. The first-order chi connectivity index (χ1) is 4.84. The number of aliphatic hydroxyl groups is 1. The number of aliphatic hydroxyl groups excluding tert-OH is 1. The minimum atomic E-state index is -0.167. The summed E-state index contributed by atoms with van der Waals surface area (Å²) in [5.74, 6) is 1.05. The summed E-state index contributed by atoms with van der Waals surface area (Å²) in [6.45, 7) is 10.4. The third kappa shape index (κ3) is 7.86. The maximum Gasteiger partial charge on any atom is 0.0483 e. The van der Waals surface area contributed by atoms with E-state index < -0.39 is 0 Å². The van der Waals surface area contributed by atoms with Gasteiger partial charge in [0.05, 0.1) is 0 Å². The lowest BCUT2D eigenvalue weighted by molar-refractivity contribution is 0.216. The monoisotopic (exact) mass is 158 g/mol. The standard InChI is InChI=1S/C7H14.C3H8O/c1-7(2,3)6-4-5-6;1-3(2)4/h6H,4-5H2,1-3H3;3-4H,1-2H3. The Labute approximate surface area is 70.8 Å². The minimum Gasteiger partial charge on any atom is -0.394 e. The van der Waals surface area contributed by atoms with Crippen molar-refractivity contribution in [1.29, 1.82) is 0 Å². The molecule has 1 aliphatic rings. The number of rotatable bonds is 0. The van der Waals surface area contributed by atoms with Gasteiger partial charge >= 0.3 is 0 Å². The zero-order valence-corrected chi connectivity index (χ0v) is 8.52. The van der Waals surface area contributed by atoms with E-state index >= 15 is 0 Å². The van der Waals surface area contributed by atoms with Crippen LogP contribution in [-0.4, -0.2) is 11.2 Å². The summed E-state index contributed by atoms with van der Waals surface area (Å²) in [5, 5.41) is 8.06. The van der Waals surface area contributed by atoms with Crippen LogP contribution in [0.4, 0.5) is 0 Å². The highest BCUT2D eigenvalue weighted by Gasteiger charge is 2.33. The van der Waals surface area contributed by atoms with E-state index in [9.17, 15) is 0 Å². The van der Waals surface area contributed by atoms with Crippen LogP contribution in [-0.2, 0) is 0 Å². The third-order valence-corrected chi connectivity index (χ3v) is 1.80. The van der Waals surface area contributed by atoms with E-state index in [-0.39, 0.29) is 6.10 Å². The van der Waals surface area contributed by atoms with E-state index in [1.807, 2.05) is 0 Å². The van der Waals surface area contributed by atoms with Gasteiger partial charge in [0.15, 0.2) is 0 Å². The van der Waals surface area contributed by atoms with Gasteiger partial charge in [-0.15, -0.1) is 0 Å². The molecule has 1 fully saturated rings. The molecule has 0 bridgehead atoms. The first-order valence-corrected chi connectivity index (χ1v) is 4.52. The molecule has 11 heavy (non-hydrogen) atoms. The minimum absolute atomic E-state index is 0.167. The number of hydrogen-bond acceptors (Lipinski definition) is 1. The highest BCUT2D eigenvalue weighted by molar-refractivity contribution is 4.84. The largest absolute Gasteiger partial charge is 0.394 e. The van der Waals surface area contributed by atoms with E-state index in [0.29, 0.717) is 5.41 Å². The van der Waals surface area contributed by atoms with Crippen LogP contribution in [0, 0.1) is 11.3 Å². The van der Waals surface area contributed by atoms with Crippen LogP contribution in [0.15, 0.2) is 0 Å². The molecular weight excluding hydrogens is 136 g/mol. The summed E-state index contributed by atoms with van der Waals surface area (Å²) in [7, 11) is 0. The fourth-order valence-corrected chi connectivity index (χ4v) is 0.949. The SMILES string of the molecule is CC(C)(C)C1CC1.CC(C)O. The molecular formula is C10H22O. The first-order valence-electron chi connectivity index (χ1n) is 4.52. The molecule has 0 saturated heterocycles. The Hall–Kier alpha value is -0.0400. The molecule has 1 N–H and O–H groups in total. The van der Waals surface area contributed by atoms with Gasteiger partial charge in [0.25, 0.3) is 0 Å². The Bertz CT molecular complexity index is 93.2. The van der Waals surface area contributed by atoms with E-state index in [1.54, 1.807) is 13.8 Å². The van der Waals surface area contributed by atoms with Crippen LogP contribution in [0.2, 0.25) is 0 Å². The second-order valence-electron chi connectivity index (χ2n) is 4.73. The molecule has 0 aliphatic heterocycles. The fourth-order valence-electron chi connectivity index (χ4n) is 0.949. The molecule has 0 atom stereocenters. The van der Waals surface area contributed by atoms with Crippen LogP contribution in [0.3, 0.4) is 0 Å². The Morgan fingerprint density at radius 1 is 1.18 bits per heavy atom. The van der Waals surface area contributed by atoms with Crippen molar-refractivity contribution in [3.8, 4) is 0 Å². The highest BCUT2D eigenvalue weighted by atomic mass is 16.3. The van der Waals surface area contributed by atoms with E-state index in [2.05, 4.69) is 20.8 Å². The van der Waals surface area contributed by atoms with Crippen molar-refractivity contribution in [2.45, 2.75) is 53.6 Å². The van der Waals surface area contributed by atoms with E-state index in [4.69, 9.17) is 5.11 Å². The maximum absolute atomic E-state index is 8.06. The molecule has 0 radical (unpaired) electrons. The smallest absolute Gasteiger partial charge is 0.0483 e. The van der Waals surface area contributed by atoms with Crippen molar-refractivity contribution >= 4 is 0 Å². The maximum atomic E-state index is 8.06. The predicted octanol–water partition coefficient (Wildman–Crippen LogP) is 2.83. The van der Waals surface area contributed by atoms with Crippen molar-refractivity contribution in [2.24, 2.45) is 11.3 Å². The number of hydrogen-bond donors (Lipinski definition) is 1. The second-order valence-corrected chi connectivity index (χ2v) is 4.73. The highest BCUT2D eigenvalue weighted by Crippen LogP contribution is 2.44. The molecule has 0 heterocycles. The zero-order valence-electron chi connectivity index (χ0n) is 8.52. The van der Waals surface area contributed by atoms with Gasteiger partial charge in [-0.2, -0.15) is 0 Å². The van der Waals surface area contributed by atoms with Gasteiger partial charge in [0, 0.05) is 6.10 Å². The molecule has 0 aromatic rings. The zero-order chi connectivity index (χ0) is 9.07. The van der Waals surface area contributed by atoms with Gasteiger partial charge in [-0.05, 0) is 38.0 Å². The molecule has 1 saturated carbocycles. The van der Waals surface area contributed by atoms with Crippen LogP contribution in [0.1, 0.15) is 47.5 Å². The predicted molar refractivity (Wildman–Crippen MR) is 49.5 cm³/mol. The Morgan fingerprint density at radius 2 is 1.45 bits per heavy atom. The summed E-state index contributed by atoms with van der Waals surface area (Å²) >= 11 is 0. The van der Waals surface area contributed by atoms with Gasteiger partial charge < -0.3 is 5.11 Å². The molecule has 0 aromatic carbocycles. The van der Waals surface area contributed by atoms with Crippen molar-refractivity contribution in [2.75, 3.05) is 0 Å². The summed E-state index contributed by atoms with van der Waals surface area (Å²) in [6, 6.07) is 0. The Balaban J connectivity index is 0.000000218. The summed E-state index contributed by atoms with van der Waals surface area (Å²) in [6.07, 6.45) is 2.78. The van der Waals surface area contributed by atoms with E-state index in [1.165, 1.54) is 12.8 Å². The van der Waals surface area contributed by atoms with Gasteiger partial charge in [0.2, 0.25) is 0 Å². The lowest BCUT2D eigenvalue weighted by atomic mass is 9.91. The third-order valence-electron chi connectivity index (χ3n) is 1.80. The summed E-state index contributed by atoms with van der Waals surface area (Å²) in [4.78, 5) is 0. The van der Waals surface area contributed by atoms with Crippen LogP contribution in [0.5, 0.6) is 0 Å². The Morgan fingerprint density at radius 3 is 1.45 bits per heavy atom. The van der Waals surface area contributed by atoms with Crippen LogP contribution in [0.25, 0.3) is 0 Å². The molecule has 1 aliphatic carbocycles. The van der Waals surface area contributed by atoms with Gasteiger partial charge in [-0.1, -0.05) is 20.8 Å². The van der Waals surface area contributed by atoms with Crippen LogP contribution >= 0.6 is 0 Å². The van der Waals surface area contributed by atoms with E-state index in [0.717, 1.165) is 5.92 Å². The Kier molecular flexibility index (Phi) is 4.09. The van der Waals surface area contributed by atoms with Gasteiger partial charge in [-0.25, -0.2) is 0 Å². The molecule has 1 rings (SSSR count). The van der Waals surface area contributed by atoms with Gasteiger partial charge in [-0.3, -0.25) is 0 Å². The molecule has 68 valence electrons. The second kappa shape index (κ2) is 4.10. The van der Waals surface area contributed by atoms with Crippen LogP contribution < -0.4 is 0 Å². The van der Waals surface area contributed by atoms with Crippen molar-refractivity contribution in [3.63, 3.8) is 0 Å². The van der Waals surface area contributed by atoms with Gasteiger partial charge in [0.1, 0.15) is 0 Å². The van der Waals surface area contributed by atoms with Crippen molar-refractivity contribution in [3.05, 3.63) is 0 Å². The lowest BCUT2D eigenvalue weighted by Crippen LogP contribution is -2.06. The molecule has 0 unspecified atom stereocenters. The van der Waals surface area contributed by atoms with Crippen molar-refractivity contribution < 1.29 is 5.11 Å². The molecule has 1 nitrogen and oxygen atoms in total. The fraction of sp³-hybridized carbons (Fsp3) is 1.00. The average molecular weight is 158 g/mol. The average Bonchev–Trinajstić information content (AvgIpc) is 2.33. The molecule has 1 heteroatoms. The quantitative estimate of drug-likeness (QED) is 0.574. The molecule has 0 aromatic heterocycles. The summed E-state index contributed by atoms with van der Waals surface area (Å²) < 4.78 is 0. The normalized spacial score (nSPS) is 17.7. The molecule has 0 spiro atoms. The topological polar surface area (TPSA) is 20.2 Å².